The molecule has 2 rings (SSSR count). The van der Waals surface area contributed by atoms with Gasteiger partial charge in [0.05, 0.1) is 0 Å². The zero-order chi connectivity index (χ0) is 12.6. The van der Waals surface area contributed by atoms with E-state index in [1.807, 2.05) is 17.8 Å². The molecule has 3 nitrogen and oxygen atoms in total. The molecule has 100 valence electrons. The Morgan fingerprint density at radius 2 is 1.78 bits per heavy atom. The summed E-state index contributed by atoms with van der Waals surface area (Å²) in [5, 5.41) is 8.68. The fourth-order valence-electron chi connectivity index (χ4n) is 1.87. The quantitative estimate of drug-likeness (QED) is 0.609. The fraction of sp³-hybridized carbons (Fsp3) is 0.571. The van der Waals surface area contributed by atoms with Gasteiger partial charge in [0.25, 0.3) is 0 Å². The molecule has 4 heteroatoms. The van der Waals surface area contributed by atoms with Gasteiger partial charge in [0.2, 0.25) is 0 Å². The zero-order valence-corrected chi connectivity index (χ0v) is 11.4. The van der Waals surface area contributed by atoms with Gasteiger partial charge in [-0.2, -0.15) is 0 Å². The van der Waals surface area contributed by atoms with Gasteiger partial charge in [0.15, 0.2) is 11.5 Å². The third kappa shape index (κ3) is 4.10. The number of rotatable bonds is 7. The molecule has 0 aromatic heterocycles. The molecule has 0 amide bonds. The number of hydrogen-bond donors (Lipinski definition) is 1. The topological polar surface area (TPSA) is 38.7 Å². The maximum Gasteiger partial charge on any atom is 0.162 e. The molecule has 0 saturated heterocycles. The summed E-state index contributed by atoms with van der Waals surface area (Å²) in [6, 6.07) is 6.14. The predicted molar refractivity (Wildman–Crippen MR) is 73.7 cm³/mol. The van der Waals surface area contributed by atoms with E-state index < -0.39 is 0 Å². The number of hydrogen-bond acceptors (Lipinski definition) is 4. The largest absolute Gasteiger partial charge is 0.486 e. The van der Waals surface area contributed by atoms with Crippen molar-refractivity contribution >= 4 is 11.8 Å². The first kappa shape index (κ1) is 13.6. The highest BCUT2D eigenvalue weighted by Gasteiger charge is 2.11. The van der Waals surface area contributed by atoms with Crippen molar-refractivity contribution in [2.75, 3.05) is 25.6 Å². The first-order chi connectivity index (χ1) is 8.90. The number of aliphatic hydroxyl groups excluding tert-OH is 1. The molecule has 1 aromatic rings. The maximum atomic E-state index is 8.68. The zero-order valence-electron chi connectivity index (χ0n) is 10.6. The van der Waals surface area contributed by atoms with E-state index in [9.17, 15) is 0 Å². The van der Waals surface area contributed by atoms with Crippen LogP contribution in [-0.4, -0.2) is 30.7 Å². The SMILES string of the molecule is OCCCCCCSc1ccc2c(c1)OCCO2. The van der Waals surface area contributed by atoms with Crippen molar-refractivity contribution in [3.8, 4) is 11.5 Å². The summed E-state index contributed by atoms with van der Waals surface area (Å²) in [5.74, 6) is 2.84. The molecule has 1 aromatic carbocycles. The van der Waals surface area contributed by atoms with Crippen LogP contribution in [0.1, 0.15) is 25.7 Å². The molecule has 0 aliphatic carbocycles. The molecular formula is C14H20O3S. The minimum absolute atomic E-state index is 0.315. The summed E-state index contributed by atoms with van der Waals surface area (Å²) in [5.41, 5.74) is 0. The first-order valence-electron chi connectivity index (χ1n) is 6.53. The van der Waals surface area contributed by atoms with Crippen molar-refractivity contribution < 1.29 is 14.6 Å². The number of benzene rings is 1. The minimum Gasteiger partial charge on any atom is -0.486 e. The molecule has 18 heavy (non-hydrogen) atoms. The Hall–Kier alpha value is -0.870. The van der Waals surface area contributed by atoms with E-state index >= 15 is 0 Å². The summed E-state index contributed by atoms with van der Waals surface area (Å²) in [6.45, 7) is 1.60. The van der Waals surface area contributed by atoms with Gasteiger partial charge in [-0.25, -0.2) is 0 Å². The van der Waals surface area contributed by atoms with Crippen LogP contribution in [0.5, 0.6) is 11.5 Å². The van der Waals surface area contributed by atoms with Gasteiger partial charge in [0, 0.05) is 11.5 Å². The van der Waals surface area contributed by atoms with E-state index in [2.05, 4.69) is 12.1 Å². The Morgan fingerprint density at radius 3 is 2.61 bits per heavy atom. The van der Waals surface area contributed by atoms with Crippen LogP contribution in [0.4, 0.5) is 0 Å². The van der Waals surface area contributed by atoms with Crippen LogP contribution in [0.25, 0.3) is 0 Å². The summed E-state index contributed by atoms with van der Waals surface area (Å²) >= 11 is 1.85. The van der Waals surface area contributed by atoms with E-state index in [0.717, 1.165) is 30.1 Å². The maximum absolute atomic E-state index is 8.68. The molecule has 0 bridgehead atoms. The second-order valence-corrected chi connectivity index (χ2v) is 5.46. The Balaban J connectivity index is 1.72. The van der Waals surface area contributed by atoms with E-state index in [0.29, 0.717) is 19.8 Å². The highest BCUT2D eigenvalue weighted by Crippen LogP contribution is 2.34. The second kappa shape index (κ2) is 7.54. The number of thioether (sulfide) groups is 1. The molecular weight excluding hydrogens is 248 g/mol. The predicted octanol–water partition coefficient (Wildman–Crippen LogP) is 3.10. The van der Waals surface area contributed by atoms with Gasteiger partial charge >= 0.3 is 0 Å². The third-order valence-corrected chi connectivity index (χ3v) is 3.91. The lowest BCUT2D eigenvalue weighted by Crippen LogP contribution is -2.15. The Labute approximate surface area is 112 Å². The van der Waals surface area contributed by atoms with Crippen LogP contribution < -0.4 is 9.47 Å². The number of fused-ring (bicyclic) bond motifs is 1. The smallest absolute Gasteiger partial charge is 0.162 e. The lowest BCUT2D eigenvalue weighted by molar-refractivity contribution is 0.171. The Bertz CT molecular complexity index is 368. The Kier molecular flexibility index (Phi) is 5.68. The van der Waals surface area contributed by atoms with Gasteiger partial charge in [-0.15, -0.1) is 11.8 Å². The van der Waals surface area contributed by atoms with Crippen LogP contribution in [0, 0.1) is 0 Å². The molecule has 1 N–H and O–H groups in total. The van der Waals surface area contributed by atoms with E-state index in [1.54, 1.807) is 0 Å². The molecule has 1 aliphatic heterocycles. The van der Waals surface area contributed by atoms with Crippen molar-refractivity contribution in [1.29, 1.82) is 0 Å². The standard InChI is InChI=1S/C14H20O3S/c15-7-3-1-2-4-10-18-12-5-6-13-14(11-12)17-9-8-16-13/h5-6,11,15H,1-4,7-10H2. The Morgan fingerprint density at radius 1 is 1.00 bits per heavy atom. The normalized spacial score (nSPS) is 13.6. The summed E-state index contributed by atoms with van der Waals surface area (Å²) in [4.78, 5) is 1.24. The van der Waals surface area contributed by atoms with Crippen LogP contribution in [0.2, 0.25) is 0 Å². The first-order valence-corrected chi connectivity index (χ1v) is 7.52. The van der Waals surface area contributed by atoms with Crippen molar-refractivity contribution in [2.45, 2.75) is 30.6 Å². The fourth-order valence-corrected chi connectivity index (χ4v) is 2.81. The van der Waals surface area contributed by atoms with Gasteiger partial charge in [-0.05, 0) is 36.8 Å². The molecule has 0 fully saturated rings. The highest BCUT2D eigenvalue weighted by molar-refractivity contribution is 7.99. The highest BCUT2D eigenvalue weighted by atomic mass is 32.2. The minimum atomic E-state index is 0.315. The third-order valence-electron chi connectivity index (χ3n) is 2.83. The summed E-state index contributed by atoms with van der Waals surface area (Å²) in [7, 11) is 0. The van der Waals surface area contributed by atoms with E-state index in [4.69, 9.17) is 14.6 Å². The number of aliphatic hydroxyl groups is 1. The van der Waals surface area contributed by atoms with Crippen molar-refractivity contribution in [3.05, 3.63) is 18.2 Å². The van der Waals surface area contributed by atoms with E-state index in [1.165, 1.54) is 17.7 Å². The van der Waals surface area contributed by atoms with E-state index in [-0.39, 0.29) is 0 Å². The monoisotopic (exact) mass is 268 g/mol. The average Bonchev–Trinajstić information content (AvgIpc) is 2.42. The van der Waals surface area contributed by atoms with Gasteiger partial charge < -0.3 is 14.6 Å². The molecule has 0 unspecified atom stereocenters. The molecule has 0 atom stereocenters. The van der Waals surface area contributed by atoms with Gasteiger partial charge in [-0.1, -0.05) is 12.8 Å². The molecule has 1 heterocycles. The summed E-state index contributed by atoms with van der Waals surface area (Å²) < 4.78 is 11.0. The van der Waals surface area contributed by atoms with Crippen molar-refractivity contribution in [3.63, 3.8) is 0 Å². The van der Waals surface area contributed by atoms with Gasteiger partial charge in [-0.3, -0.25) is 0 Å². The van der Waals surface area contributed by atoms with Crippen LogP contribution in [-0.2, 0) is 0 Å². The number of ether oxygens (including phenoxy) is 2. The summed E-state index contributed by atoms with van der Waals surface area (Å²) in [6.07, 6.45) is 4.43. The molecule has 1 aliphatic rings. The van der Waals surface area contributed by atoms with Crippen LogP contribution in [0.3, 0.4) is 0 Å². The van der Waals surface area contributed by atoms with Crippen molar-refractivity contribution in [2.24, 2.45) is 0 Å². The molecule has 0 saturated carbocycles. The molecule has 0 radical (unpaired) electrons. The number of unbranched alkanes of at least 4 members (excludes halogenated alkanes) is 3. The van der Waals surface area contributed by atoms with Crippen molar-refractivity contribution in [1.82, 2.24) is 0 Å². The lowest BCUT2D eigenvalue weighted by Gasteiger charge is -2.18. The van der Waals surface area contributed by atoms with Crippen LogP contribution in [0.15, 0.2) is 23.1 Å². The lowest BCUT2D eigenvalue weighted by atomic mass is 10.2. The average molecular weight is 268 g/mol. The van der Waals surface area contributed by atoms with Gasteiger partial charge in [0.1, 0.15) is 13.2 Å². The second-order valence-electron chi connectivity index (χ2n) is 4.29. The molecule has 0 spiro atoms. The van der Waals surface area contributed by atoms with Crippen LogP contribution >= 0.6 is 11.8 Å².